The Hall–Kier alpha value is -3.64. The van der Waals surface area contributed by atoms with E-state index in [1.165, 1.54) is 23.1 Å². The Morgan fingerprint density at radius 2 is 1.79 bits per heavy atom. The highest BCUT2D eigenvalue weighted by Crippen LogP contribution is 2.42. The van der Waals surface area contributed by atoms with Crippen LogP contribution in [0.5, 0.6) is 5.75 Å². The summed E-state index contributed by atoms with van der Waals surface area (Å²) in [7, 11) is 0. The number of anilines is 1. The van der Waals surface area contributed by atoms with E-state index >= 15 is 0 Å². The van der Waals surface area contributed by atoms with Crippen molar-refractivity contribution in [2.24, 2.45) is 0 Å². The summed E-state index contributed by atoms with van der Waals surface area (Å²) in [5, 5.41) is -0.0964. The Morgan fingerprint density at radius 1 is 1.03 bits per heavy atom. The maximum Gasteiger partial charge on any atom is 0.336 e. The summed E-state index contributed by atoms with van der Waals surface area (Å²) in [5.74, 6) is -0.993. The molecule has 3 aromatic rings. The normalized spacial score (nSPS) is 17.8. The van der Waals surface area contributed by atoms with Gasteiger partial charge in [-0.3, -0.25) is 9.69 Å². The second-order valence-corrected chi connectivity index (χ2v) is 8.27. The number of esters is 1. The zero-order valence-electron chi connectivity index (χ0n) is 17.5. The molecule has 2 aliphatic rings. The van der Waals surface area contributed by atoms with Gasteiger partial charge in [-0.15, -0.1) is 0 Å². The number of hydrogen-bond acceptors (Lipinski definition) is 4. The highest BCUT2D eigenvalue weighted by Gasteiger charge is 2.43. The van der Waals surface area contributed by atoms with Gasteiger partial charge in [-0.25, -0.2) is 9.18 Å². The highest BCUT2D eigenvalue weighted by atomic mass is 35.5. The third-order valence-corrected chi connectivity index (χ3v) is 6.10. The second-order valence-electron chi connectivity index (χ2n) is 7.86. The van der Waals surface area contributed by atoms with E-state index in [4.69, 9.17) is 21.1 Å². The molecular formula is C26H19ClFNO4. The Morgan fingerprint density at radius 3 is 2.52 bits per heavy atom. The molecule has 1 unspecified atom stereocenters. The molecule has 3 aromatic carbocycles. The first-order valence-electron chi connectivity index (χ1n) is 10.5. The summed E-state index contributed by atoms with van der Waals surface area (Å²) < 4.78 is 24.7. The zero-order valence-corrected chi connectivity index (χ0v) is 18.2. The predicted octanol–water partition coefficient (Wildman–Crippen LogP) is 5.39. The van der Waals surface area contributed by atoms with Crippen molar-refractivity contribution < 1.29 is 23.5 Å². The molecule has 1 amide bonds. The molecule has 5 nitrogen and oxygen atoms in total. The van der Waals surface area contributed by atoms with Crippen molar-refractivity contribution >= 4 is 29.2 Å². The third kappa shape index (κ3) is 4.10. The number of halogens is 2. The Labute approximate surface area is 195 Å². The molecule has 0 fully saturated rings. The molecule has 1 atom stereocenters. The fraction of sp³-hybridized carbons (Fsp3) is 0.154. The van der Waals surface area contributed by atoms with Gasteiger partial charge in [-0.1, -0.05) is 54.1 Å². The van der Waals surface area contributed by atoms with Crippen LogP contribution in [0, 0.1) is 5.82 Å². The first-order valence-corrected chi connectivity index (χ1v) is 10.8. The molecule has 5 rings (SSSR count). The lowest BCUT2D eigenvalue weighted by Gasteiger charge is -2.32. The first-order chi connectivity index (χ1) is 16.0. The van der Waals surface area contributed by atoms with Gasteiger partial charge in [-0.05, 0) is 41.5 Å². The average molecular weight is 464 g/mol. The summed E-state index contributed by atoms with van der Waals surface area (Å²) in [6, 6.07) is 21.3. The Bertz CT molecular complexity index is 1260. The lowest BCUT2D eigenvalue weighted by Crippen LogP contribution is -2.37. The van der Waals surface area contributed by atoms with Gasteiger partial charge in [0.15, 0.2) is 0 Å². The van der Waals surface area contributed by atoms with E-state index in [9.17, 15) is 14.0 Å². The van der Waals surface area contributed by atoms with Crippen molar-refractivity contribution in [3.8, 4) is 5.75 Å². The van der Waals surface area contributed by atoms with E-state index in [0.717, 1.165) is 11.1 Å². The minimum atomic E-state index is -0.578. The van der Waals surface area contributed by atoms with E-state index in [2.05, 4.69) is 0 Å². The fourth-order valence-corrected chi connectivity index (χ4v) is 4.37. The molecule has 0 N–H and O–H groups in total. The average Bonchev–Trinajstić information content (AvgIpc) is 3.21. The smallest absolute Gasteiger partial charge is 0.336 e. The number of cyclic esters (lactones) is 1. The summed E-state index contributed by atoms with van der Waals surface area (Å²) in [6.45, 7) is 0.419. The molecule has 0 spiro atoms. The first kappa shape index (κ1) is 21.2. The number of ether oxygens (including phenoxy) is 2. The number of nitrogens with zero attached hydrogens (tertiary/aromatic N) is 1. The molecule has 0 aromatic heterocycles. The van der Waals surface area contributed by atoms with E-state index in [-0.39, 0.29) is 24.0 Å². The van der Waals surface area contributed by atoms with Gasteiger partial charge in [0.25, 0.3) is 0 Å². The van der Waals surface area contributed by atoms with Gasteiger partial charge in [0.2, 0.25) is 5.91 Å². The molecule has 0 bridgehead atoms. The van der Waals surface area contributed by atoms with Crippen LogP contribution in [0.4, 0.5) is 10.1 Å². The van der Waals surface area contributed by atoms with Crippen LogP contribution in [0.1, 0.15) is 23.5 Å². The Kier molecular flexibility index (Phi) is 5.60. The number of hydrogen-bond donors (Lipinski definition) is 0. The molecule has 7 heteroatoms. The van der Waals surface area contributed by atoms with Gasteiger partial charge in [0.05, 0.1) is 22.0 Å². The van der Waals surface area contributed by atoms with Gasteiger partial charge < -0.3 is 9.47 Å². The van der Waals surface area contributed by atoms with Gasteiger partial charge in [-0.2, -0.15) is 0 Å². The number of benzene rings is 3. The maximum atomic E-state index is 13.6. The van der Waals surface area contributed by atoms with Crippen LogP contribution in [0.15, 0.2) is 84.1 Å². The second kappa shape index (κ2) is 8.71. The van der Waals surface area contributed by atoms with Crippen molar-refractivity contribution in [3.05, 3.63) is 106 Å². The highest BCUT2D eigenvalue weighted by molar-refractivity contribution is 6.31. The number of carbonyl (C=O) groups is 2. The van der Waals surface area contributed by atoms with Crippen LogP contribution in [0.3, 0.4) is 0 Å². The fourth-order valence-electron chi connectivity index (χ4n) is 4.20. The summed E-state index contributed by atoms with van der Waals surface area (Å²) >= 11 is 5.92. The van der Waals surface area contributed by atoms with Crippen molar-refractivity contribution in [1.29, 1.82) is 0 Å². The van der Waals surface area contributed by atoms with Gasteiger partial charge in [0.1, 0.15) is 24.8 Å². The minimum absolute atomic E-state index is 0.0241. The number of amides is 1. The standard InChI is InChI=1S/C26H19ClFNO4/c27-21-12-18(8-11-22(21)28)29-23-15-33-26(31)25(23)20(13-24(29)30)17-6-9-19(10-7-17)32-14-16-4-2-1-3-5-16/h1-12,20H,13-15H2. The lowest BCUT2D eigenvalue weighted by atomic mass is 9.84. The molecule has 0 aliphatic carbocycles. The summed E-state index contributed by atoms with van der Waals surface area (Å²) in [4.78, 5) is 27.1. The predicted molar refractivity (Wildman–Crippen MR) is 121 cm³/mol. The Balaban J connectivity index is 1.42. The SMILES string of the molecule is O=C1OCC2=C1C(c1ccc(OCc3ccccc3)cc1)CC(=O)N2c1ccc(F)c(Cl)c1. The van der Waals surface area contributed by atoms with Crippen molar-refractivity contribution in [3.63, 3.8) is 0 Å². The number of rotatable bonds is 5. The molecule has 166 valence electrons. The third-order valence-electron chi connectivity index (χ3n) is 5.81. The van der Waals surface area contributed by atoms with Crippen LogP contribution >= 0.6 is 11.6 Å². The molecule has 0 radical (unpaired) electrons. The summed E-state index contributed by atoms with van der Waals surface area (Å²) in [5.41, 5.74) is 3.18. The van der Waals surface area contributed by atoms with Crippen LogP contribution < -0.4 is 9.64 Å². The lowest BCUT2D eigenvalue weighted by molar-refractivity contribution is -0.136. The largest absolute Gasteiger partial charge is 0.489 e. The van der Waals surface area contributed by atoms with Crippen molar-refractivity contribution in [2.75, 3.05) is 11.5 Å². The molecular weight excluding hydrogens is 445 g/mol. The molecule has 2 aliphatic heterocycles. The molecule has 2 heterocycles. The topological polar surface area (TPSA) is 55.8 Å². The quantitative estimate of drug-likeness (QED) is 0.476. The molecule has 0 saturated carbocycles. The van der Waals surface area contributed by atoms with Crippen molar-refractivity contribution in [1.82, 2.24) is 0 Å². The van der Waals surface area contributed by atoms with E-state index < -0.39 is 17.7 Å². The van der Waals surface area contributed by atoms with Gasteiger partial charge >= 0.3 is 5.97 Å². The minimum Gasteiger partial charge on any atom is -0.489 e. The van der Waals surface area contributed by atoms with Crippen LogP contribution in [0.25, 0.3) is 0 Å². The zero-order chi connectivity index (χ0) is 22.9. The number of carbonyl (C=O) groups excluding carboxylic acids is 2. The van der Waals surface area contributed by atoms with Gasteiger partial charge in [0, 0.05) is 12.3 Å². The molecule has 33 heavy (non-hydrogen) atoms. The van der Waals surface area contributed by atoms with E-state index in [0.29, 0.717) is 29.3 Å². The van der Waals surface area contributed by atoms with Crippen LogP contribution in [-0.4, -0.2) is 18.5 Å². The monoisotopic (exact) mass is 463 g/mol. The summed E-state index contributed by atoms with van der Waals surface area (Å²) in [6.07, 6.45) is 0.0765. The molecule has 0 saturated heterocycles. The van der Waals surface area contributed by atoms with Crippen molar-refractivity contribution in [2.45, 2.75) is 18.9 Å². The van der Waals surface area contributed by atoms with E-state index in [1.54, 1.807) is 0 Å². The maximum absolute atomic E-state index is 13.6. The van der Waals surface area contributed by atoms with E-state index in [1.807, 2.05) is 54.6 Å². The van der Waals surface area contributed by atoms with Crippen LogP contribution in [-0.2, 0) is 20.9 Å². The van der Waals surface area contributed by atoms with Crippen LogP contribution in [0.2, 0.25) is 5.02 Å².